The molecule has 0 saturated carbocycles. The summed E-state index contributed by atoms with van der Waals surface area (Å²) in [5, 5.41) is 12.3. The molecule has 1 heterocycles. The van der Waals surface area contributed by atoms with Crippen LogP contribution in [0.5, 0.6) is 0 Å². The number of carboxylic acids is 1. The number of carboxylic acid groups (broad SMARTS) is 1. The van der Waals surface area contributed by atoms with Crippen LogP contribution in [0.3, 0.4) is 0 Å². The highest BCUT2D eigenvalue weighted by atomic mass is 16.4. The van der Waals surface area contributed by atoms with E-state index in [1.54, 1.807) is 36.4 Å². The van der Waals surface area contributed by atoms with E-state index in [9.17, 15) is 19.5 Å². The first-order chi connectivity index (χ1) is 12.6. The molecule has 2 aromatic rings. The first-order valence-corrected chi connectivity index (χ1v) is 8.31. The third-order valence-corrected chi connectivity index (χ3v) is 4.36. The van der Waals surface area contributed by atoms with E-state index in [-0.39, 0.29) is 18.0 Å². The Hall–Kier alpha value is -3.37. The van der Waals surface area contributed by atoms with Gasteiger partial charge in [-0.2, -0.15) is 0 Å². The minimum Gasteiger partial charge on any atom is -0.481 e. The predicted molar refractivity (Wildman–Crippen MR) is 97.9 cm³/mol. The van der Waals surface area contributed by atoms with Crippen molar-refractivity contribution in [2.75, 3.05) is 10.2 Å². The first kappa shape index (κ1) is 17.5. The molecular formula is C20H18N2O4. The number of fused-ring (bicyclic) bond motifs is 1. The topological polar surface area (TPSA) is 86.7 Å². The van der Waals surface area contributed by atoms with Crippen molar-refractivity contribution in [1.29, 1.82) is 0 Å². The predicted octanol–water partition coefficient (Wildman–Crippen LogP) is 2.88. The van der Waals surface area contributed by atoms with Crippen LogP contribution in [0.2, 0.25) is 0 Å². The second-order valence-electron chi connectivity index (χ2n) is 5.95. The van der Waals surface area contributed by atoms with Crippen molar-refractivity contribution in [2.24, 2.45) is 0 Å². The zero-order valence-electron chi connectivity index (χ0n) is 14.2. The number of rotatable bonds is 4. The van der Waals surface area contributed by atoms with Gasteiger partial charge >= 0.3 is 5.97 Å². The van der Waals surface area contributed by atoms with E-state index in [2.05, 4.69) is 5.32 Å². The van der Waals surface area contributed by atoms with Gasteiger partial charge in [0.15, 0.2) is 0 Å². The molecule has 6 heteroatoms. The number of hydrogen-bond acceptors (Lipinski definition) is 4. The molecule has 1 atom stereocenters. The molecule has 0 aliphatic carbocycles. The molecule has 0 saturated heterocycles. The maximum Gasteiger partial charge on any atom is 0.305 e. The van der Waals surface area contributed by atoms with Crippen LogP contribution in [-0.4, -0.2) is 29.0 Å². The normalized spacial score (nSPS) is 16.3. The minimum atomic E-state index is -1.08. The van der Waals surface area contributed by atoms with Crippen LogP contribution in [-0.2, 0) is 16.0 Å². The van der Waals surface area contributed by atoms with Gasteiger partial charge in [-0.3, -0.25) is 14.5 Å². The quantitative estimate of drug-likeness (QED) is 0.828. The third-order valence-electron chi connectivity index (χ3n) is 4.36. The smallest absolute Gasteiger partial charge is 0.305 e. The summed E-state index contributed by atoms with van der Waals surface area (Å²) in [7, 11) is 0. The summed E-state index contributed by atoms with van der Waals surface area (Å²) in [6.07, 6.45) is 0.307. The summed E-state index contributed by atoms with van der Waals surface area (Å²) in [5.41, 5.74) is 2.27. The maximum atomic E-state index is 13.2. The van der Waals surface area contributed by atoms with Crippen molar-refractivity contribution in [3.8, 4) is 0 Å². The van der Waals surface area contributed by atoms with E-state index < -0.39 is 12.0 Å². The highest BCUT2D eigenvalue weighted by Gasteiger charge is 2.35. The number of carbonyl (C=O) groups is 2. The molecule has 26 heavy (non-hydrogen) atoms. The van der Waals surface area contributed by atoms with E-state index in [0.717, 1.165) is 5.56 Å². The van der Waals surface area contributed by atoms with Crippen LogP contribution in [0.4, 0.5) is 11.4 Å². The molecule has 1 aliphatic heterocycles. The van der Waals surface area contributed by atoms with Crippen LogP contribution in [0.15, 0.2) is 54.2 Å². The monoisotopic (exact) mass is 350 g/mol. The lowest BCUT2D eigenvalue weighted by molar-refractivity contribution is -0.137. The van der Waals surface area contributed by atoms with Crippen LogP contribution in [0, 0.1) is 0 Å². The molecule has 132 valence electrons. The third kappa shape index (κ3) is 3.10. The molecule has 0 bridgehead atoms. The summed E-state index contributed by atoms with van der Waals surface area (Å²) in [6.45, 7) is 1.95. The van der Waals surface area contributed by atoms with Crippen LogP contribution in [0.25, 0.3) is 0 Å². The zero-order valence-corrected chi connectivity index (χ0v) is 14.2. The summed E-state index contributed by atoms with van der Waals surface area (Å²) in [5.74, 6) is 0.344. The summed E-state index contributed by atoms with van der Waals surface area (Å²) in [4.78, 5) is 37.6. The number of benzene rings is 2. The number of nitrogens with one attached hydrogen (secondary N) is 1. The summed E-state index contributed by atoms with van der Waals surface area (Å²) in [6, 6.07) is 13.2. The zero-order chi connectivity index (χ0) is 18.7. The fourth-order valence-electron chi connectivity index (χ4n) is 3.14. The molecule has 2 N–H and O–H groups in total. The number of anilines is 2. The number of nitrogens with zero attached hydrogens (tertiary/aromatic N) is 1. The van der Waals surface area contributed by atoms with Gasteiger partial charge in [-0.1, -0.05) is 37.3 Å². The standard InChI is InChI=1S/C20H18N2O4/c1-2-13-7-3-6-10-17(13)22-18(12-23)16(11-19(24)25)21-15-9-5-4-8-14(15)20(22)26/h3-10,16,21H,2,11H2,1H3,(H,24,25). The largest absolute Gasteiger partial charge is 0.481 e. The summed E-state index contributed by atoms with van der Waals surface area (Å²) >= 11 is 0. The summed E-state index contributed by atoms with van der Waals surface area (Å²) < 4.78 is 0. The lowest BCUT2D eigenvalue weighted by atomic mass is 10.1. The van der Waals surface area contributed by atoms with Gasteiger partial charge in [-0.25, -0.2) is 4.79 Å². The Kier molecular flexibility index (Phi) is 4.87. The Balaban J connectivity index is 2.23. The highest BCUT2D eigenvalue weighted by Crippen LogP contribution is 2.33. The number of amides is 1. The van der Waals surface area contributed by atoms with Crippen molar-refractivity contribution >= 4 is 29.2 Å². The van der Waals surface area contributed by atoms with Crippen LogP contribution >= 0.6 is 0 Å². The van der Waals surface area contributed by atoms with Crippen molar-refractivity contribution in [3.63, 3.8) is 0 Å². The number of hydrogen-bond donors (Lipinski definition) is 2. The van der Waals surface area contributed by atoms with Gasteiger partial charge in [0.25, 0.3) is 5.91 Å². The van der Waals surface area contributed by atoms with Gasteiger partial charge in [0.1, 0.15) is 11.6 Å². The Labute approximate surface area is 150 Å². The van der Waals surface area contributed by atoms with Gasteiger partial charge in [0.05, 0.1) is 23.7 Å². The van der Waals surface area contributed by atoms with E-state index in [1.807, 2.05) is 25.0 Å². The Bertz CT molecular complexity index is 916. The molecule has 1 amide bonds. The second-order valence-corrected chi connectivity index (χ2v) is 5.95. The molecule has 0 fully saturated rings. The lowest BCUT2D eigenvalue weighted by Crippen LogP contribution is -2.37. The molecule has 1 unspecified atom stereocenters. The minimum absolute atomic E-state index is 0.0329. The van der Waals surface area contributed by atoms with Gasteiger partial charge < -0.3 is 10.4 Å². The Morgan fingerprint density at radius 3 is 2.58 bits per heavy atom. The fraction of sp³-hybridized carbons (Fsp3) is 0.200. The average Bonchev–Trinajstić information content (AvgIpc) is 2.75. The van der Waals surface area contributed by atoms with E-state index in [1.165, 1.54) is 4.90 Å². The fourth-order valence-corrected chi connectivity index (χ4v) is 3.14. The van der Waals surface area contributed by atoms with Crippen molar-refractivity contribution in [2.45, 2.75) is 25.8 Å². The number of aryl methyl sites for hydroxylation is 1. The first-order valence-electron chi connectivity index (χ1n) is 8.31. The molecule has 0 radical (unpaired) electrons. The van der Waals surface area contributed by atoms with Crippen LogP contribution < -0.4 is 10.2 Å². The molecule has 3 rings (SSSR count). The van der Waals surface area contributed by atoms with Crippen molar-refractivity contribution in [1.82, 2.24) is 0 Å². The molecular weight excluding hydrogens is 332 g/mol. The van der Waals surface area contributed by atoms with Crippen molar-refractivity contribution in [3.05, 3.63) is 65.4 Å². The Morgan fingerprint density at radius 1 is 1.19 bits per heavy atom. The molecule has 0 spiro atoms. The molecule has 2 aromatic carbocycles. The second kappa shape index (κ2) is 7.25. The molecule has 6 nitrogen and oxygen atoms in total. The van der Waals surface area contributed by atoms with Gasteiger partial charge in [-0.15, -0.1) is 0 Å². The highest BCUT2D eigenvalue weighted by molar-refractivity contribution is 6.14. The lowest BCUT2D eigenvalue weighted by Gasteiger charge is -2.26. The number of para-hydroxylation sites is 2. The molecule has 1 aliphatic rings. The van der Waals surface area contributed by atoms with E-state index in [0.29, 0.717) is 23.4 Å². The number of carbonyl (C=O) groups excluding carboxylic acids is 2. The van der Waals surface area contributed by atoms with E-state index in [4.69, 9.17) is 0 Å². The Morgan fingerprint density at radius 2 is 1.88 bits per heavy atom. The van der Waals surface area contributed by atoms with Gasteiger partial charge in [0.2, 0.25) is 0 Å². The van der Waals surface area contributed by atoms with Gasteiger partial charge in [-0.05, 0) is 30.2 Å². The van der Waals surface area contributed by atoms with E-state index >= 15 is 0 Å². The SMILES string of the molecule is CCc1ccccc1N1C(=O)c2ccccc2NC(CC(=O)O)C1=C=O. The molecule has 0 aromatic heterocycles. The average molecular weight is 350 g/mol. The number of aliphatic carboxylic acids is 1. The van der Waals surface area contributed by atoms with Crippen molar-refractivity contribution < 1.29 is 19.5 Å². The maximum absolute atomic E-state index is 13.2. The van der Waals surface area contributed by atoms with Gasteiger partial charge in [0, 0.05) is 5.69 Å². The van der Waals surface area contributed by atoms with Crippen LogP contribution in [0.1, 0.15) is 29.3 Å².